The van der Waals surface area contributed by atoms with E-state index in [0.717, 1.165) is 19.4 Å². The van der Waals surface area contributed by atoms with E-state index in [2.05, 4.69) is 11.9 Å². The number of nitrogens with zero attached hydrogens (tertiary/aromatic N) is 1. The zero-order valence-electron chi connectivity index (χ0n) is 20.2. The highest BCUT2D eigenvalue weighted by Gasteiger charge is 2.89. The minimum absolute atomic E-state index is 0.00206. The molecule has 6 aliphatic rings. The lowest BCUT2D eigenvalue weighted by Crippen LogP contribution is -2.79. The van der Waals surface area contributed by atoms with Gasteiger partial charge in [0.05, 0.1) is 24.9 Å². The number of hydrogen-bond acceptors (Lipinski definition) is 9. The van der Waals surface area contributed by atoms with Gasteiger partial charge in [-0.2, -0.15) is 0 Å². The van der Waals surface area contributed by atoms with Gasteiger partial charge in [-0.25, -0.2) is 0 Å². The standard InChI is InChI=1S/C24H39NO8/c1-25-9-21(10-30-2)7-6-12(31-3)23-11-8-22(28)18(26)13(11)24(29,19(27)20(22)33-5)14(17(23)25)15(32-4)16(21)23/h11-20,26-29H,6-10H2,1-5H3/t11-,12+,13-,14+,15+,16-,17?,18-,19+,20+,21+,22-,23+,24-/m1/s1. The Labute approximate surface area is 194 Å². The van der Waals surface area contributed by atoms with E-state index in [-0.39, 0.29) is 41.9 Å². The number of fused-ring (bicyclic) bond motifs is 2. The van der Waals surface area contributed by atoms with Crippen molar-refractivity contribution in [2.24, 2.45) is 34.5 Å². The summed E-state index contributed by atoms with van der Waals surface area (Å²) in [7, 11) is 8.66. The minimum atomic E-state index is -1.67. The molecule has 5 saturated carbocycles. The topological polar surface area (TPSA) is 121 Å². The number of rotatable bonds is 5. The van der Waals surface area contributed by atoms with Gasteiger partial charge in [-0.3, -0.25) is 0 Å². The summed E-state index contributed by atoms with van der Waals surface area (Å²) in [6.07, 6.45) is -2.14. The van der Waals surface area contributed by atoms with Crippen LogP contribution in [0.25, 0.3) is 0 Å². The van der Waals surface area contributed by atoms with Gasteiger partial charge in [0.2, 0.25) is 0 Å². The molecule has 0 aromatic rings. The highest BCUT2D eigenvalue weighted by Crippen LogP contribution is 2.79. The lowest BCUT2D eigenvalue weighted by atomic mass is 9.43. The van der Waals surface area contributed by atoms with Gasteiger partial charge in [0.15, 0.2) is 0 Å². The molecule has 1 unspecified atom stereocenters. The van der Waals surface area contributed by atoms with Crippen molar-refractivity contribution in [3.8, 4) is 0 Å². The number of aliphatic hydroxyl groups excluding tert-OH is 2. The summed E-state index contributed by atoms with van der Waals surface area (Å²) >= 11 is 0. The van der Waals surface area contributed by atoms with Gasteiger partial charge in [-0.05, 0) is 32.2 Å². The molecule has 4 N–H and O–H groups in total. The maximum atomic E-state index is 12.5. The van der Waals surface area contributed by atoms with Crippen LogP contribution >= 0.6 is 0 Å². The molecule has 0 aromatic heterocycles. The maximum absolute atomic E-state index is 12.5. The predicted molar refractivity (Wildman–Crippen MR) is 115 cm³/mol. The van der Waals surface area contributed by atoms with Crippen molar-refractivity contribution in [2.75, 3.05) is 48.6 Å². The van der Waals surface area contributed by atoms with E-state index in [4.69, 9.17) is 18.9 Å². The first-order valence-electron chi connectivity index (χ1n) is 12.2. The normalized spacial score (nSPS) is 63.2. The fourth-order valence-electron chi connectivity index (χ4n) is 10.9. The Morgan fingerprint density at radius 1 is 0.970 bits per heavy atom. The molecule has 7 bridgehead atoms. The summed E-state index contributed by atoms with van der Waals surface area (Å²) in [5.41, 5.74) is -3.98. The van der Waals surface area contributed by atoms with Crippen LogP contribution in [0.3, 0.4) is 0 Å². The second-order valence-electron chi connectivity index (χ2n) is 11.9. The quantitative estimate of drug-likeness (QED) is 0.396. The van der Waals surface area contributed by atoms with Crippen molar-refractivity contribution >= 4 is 0 Å². The molecule has 6 fully saturated rings. The SMILES string of the molecule is COC[C@@]12CC[C@H](OC)[C@]34C([C@H]([C@H](OC)[C@H]13)[C@]1(O)[C@H]3[C@@H](O)[C@](O)(C[C@H]34)[C@@H](OC)[C@@H]1O)N(C)C2. The van der Waals surface area contributed by atoms with E-state index in [1.54, 1.807) is 21.3 Å². The molecule has 6 rings (SSSR count). The molecule has 1 heterocycles. The van der Waals surface area contributed by atoms with Crippen molar-refractivity contribution in [3.05, 3.63) is 0 Å². The fraction of sp³-hybridized carbons (Fsp3) is 1.00. The molecule has 1 spiro atoms. The zero-order chi connectivity index (χ0) is 23.7. The Hall–Kier alpha value is -0.360. The first kappa shape index (κ1) is 23.1. The van der Waals surface area contributed by atoms with E-state index in [0.29, 0.717) is 6.61 Å². The second-order valence-corrected chi connectivity index (χ2v) is 11.9. The summed E-state index contributed by atoms with van der Waals surface area (Å²) in [4.78, 5) is 2.31. The number of aliphatic hydroxyl groups is 4. The Morgan fingerprint density at radius 2 is 1.70 bits per heavy atom. The highest BCUT2D eigenvalue weighted by atomic mass is 16.5. The summed E-state index contributed by atoms with van der Waals surface area (Å²) in [6.45, 7) is 1.36. The third kappa shape index (κ3) is 2.15. The van der Waals surface area contributed by atoms with Crippen molar-refractivity contribution in [1.29, 1.82) is 0 Å². The number of likely N-dealkylation sites (tertiary alicyclic amines) is 1. The monoisotopic (exact) mass is 469 g/mol. The number of ether oxygens (including phenoxy) is 4. The fourth-order valence-corrected chi connectivity index (χ4v) is 10.9. The Morgan fingerprint density at radius 3 is 2.30 bits per heavy atom. The van der Waals surface area contributed by atoms with Crippen molar-refractivity contribution < 1.29 is 39.4 Å². The van der Waals surface area contributed by atoms with Gasteiger partial charge in [-0.1, -0.05) is 0 Å². The Bertz CT molecular complexity index is 830. The molecular weight excluding hydrogens is 430 g/mol. The van der Waals surface area contributed by atoms with E-state index >= 15 is 0 Å². The average Bonchev–Trinajstić information content (AvgIpc) is 3.16. The first-order valence-corrected chi connectivity index (χ1v) is 12.2. The predicted octanol–water partition coefficient (Wildman–Crippen LogP) is -1.15. The van der Waals surface area contributed by atoms with Crippen LogP contribution < -0.4 is 0 Å². The molecular formula is C24H39NO8. The molecule has 1 aliphatic heterocycles. The molecule has 0 aromatic carbocycles. The van der Waals surface area contributed by atoms with Crippen LogP contribution in [0.5, 0.6) is 0 Å². The average molecular weight is 470 g/mol. The molecule has 188 valence electrons. The Kier molecular flexibility index (Phi) is 4.82. The van der Waals surface area contributed by atoms with Gasteiger partial charge >= 0.3 is 0 Å². The van der Waals surface area contributed by atoms with Crippen LogP contribution in [-0.4, -0.2) is 122 Å². The van der Waals surface area contributed by atoms with E-state index < -0.39 is 46.8 Å². The van der Waals surface area contributed by atoms with Crippen LogP contribution in [0.4, 0.5) is 0 Å². The van der Waals surface area contributed by atoms with Crippen LogP contribution in [0, 0.1) is 34.5 Å². The third-order valence-electron chi connectivity index (χ3n) is 11.3. The summed E-state index contributed by atoms with van der Waals surface area (Å²) < 4.78 is 23.9. The smallest absolute Gasteiger partial charge is 0.120 e. The van der Waals surface area contributed by atoms with E-state index in [1.165, 1.54) is 7.11 Å². The van der Waals surface area contributed by atoms with Crippen LogP contribution in [0.15, 0.2) is 0 Å². The molecule has 33 heavy (non-hydrogen) atoms. The number of piperidine rings is 1. The first-order chi connectivity index (χ1) is 15.6. The van der Waals surface area contributed by atoms with Crippen molar-refractivity contribution in [2.45, 2.75) is 67.0 Å². The van der Waals surface area contributed by atoms with E-state index in [9.17, 15) is 20.4 Å². The molecule has 1 saturated heterocycles. The van der Waals surface area contributed by atoms with Gasteiger partial charge in [0.1, 0.15) is 23.4 Å². The summed E-state index contributed by atoms with van der Waals surface area (Å²) in [5.74, 6) is -1.44. The number of hydrogen-bond donors (Lipinski definition) is 4. The lowest BCUT2D eigenvalue weighted by molar-refractivity contribution is -0.314. The van der Waals surface area contributed by atoms with Crippen LogP contribution in [0.1, 0.15) is 19.3 Å². The van der Waals surface area contributed by atoms with Gasteiger partial charge < -0.3 is 44.3 Å². The summed E-state index contributed by atoms with van der Waals surface area (Å²) in [5, 5.41) is 47.3. The lowest BCUT2D eigenvalue weighted by Gasteiger charge is -2.69. The molecule has 0 amide bonds. The van der Waals surface area contributed by atoms with Gasteiger partial charge in [0.25, 0.3) is 0 Å². The van der Waals surface area contributed by atoms with Crippen LogP contribution in [-0.2, 0) is 18.9 Å². The van der Waals surface area contributed by atoms with Crippen molar-refractivity contribution in [3.63, 3.8) is 0 Å². The maximum Gasteiger partial charge on any atom is 0.120 e. The third-order valence-corrected chi connectivity index (χ3v) is 11.3. The highest BCUT2D eigenvalue weighted by molar-refractivity contribution is 5.39. The molecule has 9 heteroatoms. The molecule has 5 aliphatic carbocycles. The largest absolute Gasteiger partial charge is 0.390 e. The van der Waals surface area contributed by atoms with Crippen molar-refractivity contribution in [1.82, 2.24) is 4.90 Å². The van der Waals surface area contributed by atoms with Gasteiger partial charge in [0, 0.05) is 69.6 Å². The second kappa shape index (κ2) is 6.89. The number of methoxy groups -OCH3 is 4. The molecule has 14 atom stereocenters. The summed E-state index contributed by atoms with van der Waals surface area (Å²) in [6, 6.07) is -0.131. The Balaban J connectivity index is 1.66. The molecule has 0 radical (unpaired) electrons. The minimum Gasteiger partial charge on any atom is -0.390 e. The van der Waals surface area contributed by atoms with Crippen LogP contribution in [0.2, 0.25) is 0 Å². The zero-order valence-corrected chi connectivity index (χ0v) is 20.2. The van der Waals surface area contributed by atoms with E-state index in [1.807, 2.05) is 0 Å². The molecule has 9 nitrogen and oxygen atoms in total. The van der Waals surface area contributed by atoms with Gasteiger partial charge in [-0.15, -0.1) is 0 Å².